The van der Waals surface area contributed by atoms with Crippen LogP contribution in [0.1, 0.15) is 46.5 Å². The maximum absolute atomic E-state index is 10.9. The van der Waals surface area contributed by atoms with Gasteiger partial charge < -0.3 is 14.3 Å². The summed E-state index contributed by atoms with van der Waals surface area (Å²) < 4.78 is 11.3. The van der Waals surface area contributed by atoms with Gasteiger partial charge in [-0.15, -0.1) is 0 Å². The number of ketones is 1. The second-order valence-corrected chi connectivity index (χ2v) is 4.57. The molecule has 1 rings (SSSR count). The SMILES string of the molecule is CC(=O)CC[C@@H]1CCCO[C@@H]1OC(C)C. The number of ether oxygens (including phenoxy) is 2. The van der Waals surface area contributed by atoms with Crippen molar-refractivity contribution >= 4 is 5.78 Å². The first-order valence-electron chi connectivity index (χ1n) is 5.86. The number of hydrogen-bond acceptors (Lipinski definition) is 3. The van der Waals surface area contributed by atoms with Gasteiger partial charge in [0.1, 0.15) is 5.78 Å². The highest BCUT2D eigenvalue weighted by Crippen LogP contribution is 2.26. The Bertz CT molecular complexity index is 201. The zero-order chi connectivity index (χ0) is 11.3. The highest BCUT2D eigenvalue weighted by atomic mass is 16.7. The Balaban J connectivity index is 2.38. The molecule has 3 heteroatoms. The molecule has 0 saturated carbocycles. The molecule has 1 aliphatic rings. The van der Waals surface area contributed by atoms with E-state index in [0.717, 1.165) is 25.9 Å². The van der Waals surface area contributed by atoms with Gasteiger partial charge >= 0.3 is 0 Å². The van der Waals surface area contributed by atoms with Crippen LogP contribution in [0.15, 0.2) is 0 Å². The van der Waals surface area contributed by atoms with Gasteiger partial charge in [0.25, 0.3) is 0 Å². The second-order valence-electron chi connectivity index (χ2n) is 4.57. The van der Waals surface area contributed by atoms with Gasteiger partial charge in [-0.2, -0.15) is 0 Å². The van der Waals surface area contributed by atoms with Gasteiger partial charge in [0.2, 0.25) is 0 Å². The maximum Gasteiger partial charge on any atom is 0.160 e. The minimum Gasteiger partial charge on any atom is -0.352 e. The summed E-state index contributed by atoms with van der Waals surface area (Å²) in [5.41, 5.74) is 0. The fraction of sp³-hybridized carbons (Fsp3) is 0.917. The molecule has 3 nitrogen and oxygen atoms in total. The van der Waals surface area contributed by atoms with E-state index < -0.39 is 0 Å². The van der Waals surface area contributed by atoms with E-state index in [2.05, 4.69) is 0 Å². The van der Waals surface area contributed by atoms with Gasteiger partial charge in [0.05, 0.1) is 6.10 Å². The molecule has 88 valence electrons. The molecule has 0 aromatic heterocycles. The quantitative estimate of drug-likeness (QED) is 0.705. The van der Waals surface area contributed by atoms with Gasteiger partial charge in [-0.25, -0.2) is 0 Å². The molecule has 0 N–H and O–H groups in total. The normalized spacial score (nSPS) is 26.9. The number of carbonyl (C=O) groups excluding carboxylic acids is 1. The smallest absolute Gasteiger partial charge is 0.160 e. The molecule has 0 aromatic carbocycles. The summed E-state index contributed by atoms with van der Waals surface area (Å²) in [6.07, 6.45) is 3.83. The van der Waals surface area contributed by atoms with Gasteiger partial charge in [-0.3, -0.25) is 0 Å². The van der Waals surface area contributed by atoms with E-state index in [9.17, 15) is 4.79 Å². The fourth-order valence-electron chi connectivity index (χ4n) is 1.90. The van der Waals surface area contributed by atoms with Crippen LogP contribution in [-0.4, -0.2) is 24.8 Å². The second kappa shape index (κ2) is 6.23. The zero-order valence-corrected chi connectivity index (χ0v) is 9.99. The monoisotopic (exact) mass is 214 g/mol. The predicted molar refractivity (Wildman–Crippen MR) is 58.6 cm³/mol. The number of hydrogen-bond donors (Lipinski definition) is 0. The van der Waals surface area contributed by atoms with Crippen LogP contribution < -0.4 is 0 Å². The van der Waals surface area contributed by atoms with Crippen molar-refractivity contribution in [3.05, 3.63) is 0 Å². The van der Waals surface area contributed by atoms with Gasteiger partial charge in [-0.05, 0) is 40.0 Å². The lowest BCUT2D eigenvalue weighted by molar-refractivity contribution is -0.210. The summed E-state index contributed by atoms with van der Waals surface area (Å²) >= 11 is 0. The fourth-order valence-corrected chi connectivity index (χ4v) is 1.90. The Morgan fingerprint density at radius 1 is 1.53 bits per heavy atom. The molecule has 15 heavy (non-hydrogen) atoms. The van der Waals surface area contributed by atoms with Crippen molar-refractivity contribution in [3.63, 3.8) is 0 Å². The van der Waals surface area contributed by atoms with E-state index in [1.165, 1.54) is 0 Å². The molecule has 0 aromatic rings. The van der Waals surface area contributed by atoms with Crippen LogP contribution in [0.3, 0.4) is 0 Å². The summed E-state index contributed by atoms with van der Waals surface area (Å²) in [7, 11) is 0. The first-order valence-corrected chi connectivity index (χ1v) is 5.86. The number of carbonyl (C=O) groups is 1. The van der Waals surface area contributed by atoms with Crippen molar-refractivity contribution in [2.24, 2.45) is 5.92 Å². The van der Waals surface area contributed by atoms with Crippen molar-refractivity contribution < 1.29 is 14.3 Å². The van der Waals surface area contributed by atoms with Crippen molar-refractivity contribution in [2.45, 2.75) is 58.8 Å². The summed E-state index contributed by atoms with van der Waals surface area (Å²) in [4.78, 5) is 10.9. The molecule has 0 aliphatic carbocycles. The topological polar surface area (TPSA) is 35.5 Å². The van der Waals surface area contributed by atoms with Gasteiger partial charge in [-0.1, -0.05) is 0 Å². The third-order valence-electron chi connectivity index (χ3n) is 2.66. The first-order chi connectivity index (χ1) is 7.09. The Morgan fingerprint density at radius 3 is 2.87 bits per heavy atom. The predicted octanol–water partition coefficient (Wildman–Crippen LogP) is 2.53. The molecule has 1 fully saturated rings. The van der Waals surface area contributed by atoms with Crippen LogP contribution in [0.5, 0.6) is 0 Å². The largest absolute Gasteiger partial charge is 0.352 e. The Labute approximate surface area is 92.1 Å². The highest BCUT2D eigenvalue weighted by molar-refractivity contribution is 5.75. The minimum absolute atomic E-state index is 0.0990. The molecule has 0 spiro atoms. The summed E-state index contributed by atoms with van der Waals surface area (Å²) in [5, 5.41) is 0. The van der Waals surface area contributed by atoms with Crippen molar-refractivity contribution in [1.82, 2.24) is 0 Å². The number of Topliss-reactive ketones (excluding diaryl/α,β-unsaturated/α-hetero) is 1. The van der Waals surface area contributed by atoms with E-state index in [-0.39, 0.29) is 18.2 Å². The van der Waals surface area contributed by atoms with Crippen molar-refractivity contribution in [3.8, 4) is 0 Å². The molecular weight excluding hydrogens is 192 g/mol. The Kier molecular flexibility index (Phi) is 5.26. The van der Waals surface area contributed by atoms with Crippen LogP contribution in [-0.2, 0) is 14.3 Å². The molecule has 0 radical (unpaired) electrons. The average Bonchev–Trinajstić information content (AvgIpc) is 2.15. The molecule has 2 atom stereocenters. The van der Waals surface area contributed by atoms with E-state index in [0.29, 0.717) is 12.3 Å². The van der Waals surface area contributed by atoms with Crippen LogP contribution in [0.2, 0.25) is 0 Å². The van der Waals surface area contributed by atoms with E-state index in [1.807, 2.05) is 13.8 Å². The lowest BCUT2D eigenvalue weighted by atomic mass is 9.94. The average molecular weight is 214 g/mol. The van der Waals surface area contributed by atoms with Crippen molar-refractivity contribution in [1.29, 1.82) is 0 Å². The third kappa shape index (κ3) is 4.76. The highest BCUT2D eigenvalue weighted by Gasteiger charge is 2.27. The summed E-state index contributed by atoms with van der Waals surface area (Å²) in [6.45, 7) is 6.45. The lowest BCUT2D eigenvalue weighted by Crippen LogP contribution is -2.34. The molecule has 1 heterocycles. The molecule has 0 unspecified atom stereocenters. The molecule has 1 aliphatic heterocycles. The van der Waals surface area contributed by atoms with Crippen LogP contribution in [0.25, 0.3) is 0 Å². The maximum atomic E-state index is 10.9. The third-order valence-corrected chi connectivity index (χ3v) is 2.66. The zero-order valence-electron chi connectivity index (χ0n) is 9.99. The minimum atomic E-state index is -0.0990. The Hall–Kier alpha value is -0.410. The molecule has 0 bridgehead atoms. The standard InChI is InChI=1S/C12H22O3/c1-9(2)15-12-11(5-4-8-14-12)7-6-10(3)13/h9,11-12H,4-8H2,1-3H3/t11-,12+/m0/s1. The van der Waals surface area contributed by atoms with Crippen LogP contribution >= 0.6 is 0 Å². The molecule has 0 amide bonds. The number of rotatable bonds is 5. The van der Waals surface area contributed by atoms with E-state index in [1.54, 1.807) is 6.92 Å². The molecule has 1 saturated heterocycles. The van der Waals surface area contributed by atoms with Crippen LogP contribution in [0.4, 0.5) is 0 Å². The first kappa shape index (κ1) is 12.7. The van der Waals surface area contributed by atoms with E-state index in [4.69, 9.17) is 9.47 Å². The van der Waals surface area contributed by atoms with Gasteiger partial charge in [0.15, 0.2) is 6.29 Å². The van der Waals surface area contributed by atoms with E-state index >= 15 is 0 Å². The Morgan fingerprint density at radius 2 is 2.27 bits per heavy atom. The van der Waals surface area contributed by atoms with Crippen LogP contribution in [0, 0.1) is 5.92 Å². The van der Waals surface area contributed by atoms with Crippen molar-refractivity contribution in [2.75, 3.05) is 6.61 Å². The molecular formula is C12H22O3. The lowest BCUT2D eigenvalue weighted by Gasteiger charge is -2.32. The summed E-state index contributed by atoms with van der Waals surface area (Å²) in [5.74, 6) is 0.647. The summed E-state index contributed by atoms with van der Waals surface area (Å²) in [6, 6.07) is 0. The van der Waals surface area contributed by atoms with Gasteiger partial charge in [0, 0.05) is 18.9 Å².